The van der Waals surface area contributed by atoms with E-state index < -0.39 is 0 Å². The SMILES string of the molecule is CC(C)OC(C)(C)C1CCCC1. The number of hydrogen-bond donors (Lipinski definition) is 0. The van der Waals surface area contributed by atoms with Crippen LogP contribution in [0.25, 0.3) is 0 Å². The smallest absolute Gasteiger partial charge is 0.0658 e. The van der Waals surface area contributed by atoms with Crippen molar-refractivity contribution >= 4 is 0 Å². The summed E-state index contributed by atoms with van der Waals surface area (Å²) in [6, 6.07) is 0. The Bertz CT molecular complexity index is 132. The summed E-state index contributed by atoms with van der Waals surface area (Å²) in [7, 11) is 0. The first-order valence-electron chi connectivity index (χ1n) is 5.20. The van der Waals surface area contributed by atoms with Gasteiger partial charge in [-0.1, -0.05) is 12.8 Å². The molecule has 0 radical (unpaired) electrons. The molecule has 1 saturated carbocycles. The van der Waals surface area contributed by atoms with Crippen LogP contribution in [-0.4, -0.2) is 11.7 Å². The summed E-state index contributed by atoms with van der Waals surface area (Å²) in [5.41, 5.74) is 0.102. The zero-order chi connectivity index (χ0) is 9.19. The fourth-order valence-corrected chi connectivity index (χ4v) is 2.32. The normalized spacial score (nSPS) is 20.8. The van der Waals surface area contributed by atoms with Gasteiger partial charge in [0.2, 0.25) is 0 Å². The minimum absolute atomic E-state index is 0.102. The lowest BCUT2D eigenvalue weighted by atomic mass is 9.89. The lowest BCUT2D eigenvalue weighted by molar-refractivity contribution is -0.0905. The molecule has 0 spiro atoms. The Morgan fingerprint density at radius 2 is 1.67 bits per heavy atom. The molecule has 1 heteroatoms. The summed E-state index contributed by atoms with van der Waals surface area (Å²) in [4.78, 5) is 0. The first-order chi connectivity index (χ1) is 5.52. The zero-order valence-corrected chi connectivity index (χ0v) is 8.89. The Morgan fingerprint density at radius 1 is 1.17 bits per heavy atom. The van der Waals surface area contributed by atoms with Crippen molar-refractivity contribution in [2.24, 2.45) is 5.92 Å². The van der Waals surface area contributed by atoms with Crippen molar-refractivity contribution in [3.05, 3.63) is 0 Å². The highest BCUT2D eigenvalue weighted by Gasteiger charge is 2.33. The fraction of sp³-hybridized carbons (Fsp3) is 1.00. The van der Waals surface area contributed by atoms with E-state index in [-0.39, 0.29) is 5.60 Å². The summed E-state index contributed by atoms with van der Waals surface area (Å²) in [5, 5.41) is 0. The molecule has 0 unspecified atom stereocenters. The largest absolute Gasteiger partial charge is 0.373 e. The van der Waals surface area contributed by atoms with Gasteiger partial charge in [0.15, 0.2) is 0 Å². The molecule has 1 rings (SSSR count). The topological polar surface area (TPSA) is 9.23 Å². The lowest BCUT2D eigenvalue weighted by Crippen LogP contribution is -2.35. The van der Waals surface area contributed by atoms with Crippen LogP contribution in [0.4, 0.5) is 0 Å². The fourth-order valence-electron chi connectivity index (χ4n) is 2.32. The van der Waals surface area contributed by atoms with Crippen molar-refractivity contribution < 1.29 is 4.74 Å². The summed E-state index contributed by atoms with van der Waals surface area (Å²) >= 11 is 0. The van der Waals surface area contributed by atoms with E-state index in [2.05, 4.69) is 27.7 Å². The molecule has 0 aliphatic heterocycles. The molecule has 1 aliphatic carbocycles. The van der Waals surface area contributed by atoms with Crippen molar-refractivity contribution in [2.75, 3.05) is 0 Å². The van der Waals surface area contributed by atoms with Crippen molar-refractivity contribution in [3.63, 3.8) is 0 Å². The summed E-state index contributed by atoms with van der Waals surface area (Å²) in [6.07, 6.45) is 5.88. The van der Waals surface area contributed by atoms with Crippen LogP contribution in [0.15, 0.2) is 0 Å². The molecular weight excluding hydrogens is 148 g/mol. The Kier molecular flexibility index (Phi) is 3.16. The molecule has 1 aliphatic rings. The zero-order valence-electron chi connectivity index (χ0n) is 8.89. The van der Waals surface area contributed by atoms with Gasteiger partial charge in [-0.25, -0.2) is 0 Å². The average Bonchev–Trinajstić information content (AvgIpc) is 2.32. The third-order valence-electron chi connectivity index (χ3n) is 2.88. The molecule has 1 fully saturated rings. The van der Waals surface area contributed by atoms with Crippen LogP contribution in [0.3, 0.4) is 0 Å². The molecule has 0 heterocycles. The van der Waals surface area contributed by atoms with Gasteiger partial charge in [0.05, 0.1) is 11.7 Å². The second-order valence-corrected chi connectivity index (χ2v) is 4.75. The van der Waals surface area contributed by atoms with E-state index in [0.717, 1.165) is 5.92 Å². The first kappa shape index (κ1) is 10.0. The lowest BCUT2D eigenvalue weighted by Gasteiger charge is -2.33. The van der Waals surface area contributed by atoms with Crippen LogP contribution in [0, 0.1) is 5.92 Å². The van der Waals surface area contributed by atoms with E-state index in [4.69, 9.17) is 4.74 Å². The minimum atomic E-state index is 0.102. The van der Waals surface area contributed by atoms with E-state index in [0.29, 0.717) is 6.10 Å². The third-order valence-corrected chi connectivity index (χ3v) is 2.88. The van der Waals surface area contributed by atoms with Gasteiger partial charge in [0.1, 0.15) is 0 Å². The second kappa shape index (κ2) is 3.78. The molecule has 0 aromatic carbocycles. The van der Waals surface area contributed by atoms with Crippen molar-refractivity contribution in [3.8, 4) is 0 Å². The quantitative estimate of drug-likeness (QED) is 0.631. The van der Waals surface area contributed by atoms with Gasteiger partial charge in [-0.05, 0) is 46.5 Å². The van der Waals surface area contributed by atoms with Crippen LogP contribution >= 0.6 is 0 Å². The van der Waals surface area contributed by atoms with E-state index in [9.17, 15) is 0 Å². The highest BCUT2D eigenvalue weighted by Crippen LogP contribution is 2.36. The van der Waals surface area contributed by atoms with Gasteiger partial charge in [0.25, 0.3) is 0 Å². The maximum absolute atomic E-state index is 5.92. The number of rotatable bonds is 3. The van der Waals surface area contributed by atoms with Gasteiger partial charge in [-0.15, -0.1) is 0 Å². The molecule has 0 aromatic heterocycles. The van der Waals surface area contributed by atoms with Gasteiger partial charge in [0, 0.05) is 0 Å². The maximum atomic E-state index is 5.92. The summed E-state index contributed by atoms with van der Waals surface area (Å²) < 4.78 is 5.92. The molecule has 1 nitrogen and oxygen atoms in total. The van der Waals surface area contributed by atoms with Crippen LogP contribution < -0.4 is 0 Å². The summed E-state index contributed by atoms with van der Waals surface area (Å²) in [6.45, 7) is 8.72. The van der Waals surface area contributed by atoms with E-state index in [1.54, 1.807) is 0 Å². The van der Waals surface area contributed by atoms with Crippen LogP contribution in [0.1, 0.15) is 53.4 Å². The van der Waals surface area contributed by atoms with E-state index >= 15 is 0 Å². The minimum Gasteiger partial charge on any atom is -0.373 e. The summed E-state index contributed by atoms with van der Waals surface area (Å²) in [5.74, 6) is 0.792. The average molecular weight is 170 g/mol. The Morgan fingerprint density at radius 3 is 2.08 bits per heavy atom. The molecule has 0 atom stereocenters. The second-order valence-electron chi connectivity index (χ2n) is 4.75. The molecule has 0 amide bonds. The highest BCUT2D eigenvalue weighted by molar-refractivity contribution is 4.83. The maximum Gasteiger partial charge on any atom is 0.0658 e. The monoisotopic (exact) mass is 170 g/mol. The van der Waals surface area contributed by atoms with Gasteiger partial charge in [-0.2, -0.15) is 0 Å². The van der Waals surface area contributed by atoms with Crippen LogP contribution in [-0.2, 0) is 4.74 Å². The Labute approximate surface area is 76.5 Å². The molecule has 12 heavy (non-hydrogen) atoms. The number of ether oxygens (including phenoxy) is 1. The predicted molar refractivity (Wildman–Crippen MR) is 52.3 cm³/mol. The van der Waals surface area contributed by atoms with E-state index in [1.165, 1.54) is 25.7 Å². The molecule has 72 valence electrons. The molecule has 0 N–H and O–H groups in total. The molecule has 0 aromatic rings. The van der Waals surface area contributed by atoms with Gasteiger partial charge < -0.3 is 4.74 Å². The van der Waals surface area contributed by atoms with Crippen molar-refractivity contribution in [2.45, 2.75) is 65.1 Å². The third kappa shape index (κ3) is 2.48. The molecular formula is C11H22O. The van der Waals surface area contributed by atoms with Gasteiger partial charge >= 0.3 is 0 Å². The van der Waals surface area contributed by atoms with Crippen molar-refractivity contribution in [1.29, 1.82) is 0 Å². The van der Waals surface area contributed by atoms with Gasteiger partial charge in [-0.3, -0.25) is 0 Å². The Hall–Kier alpha value is -0.0400. The Balaban J connectivity index is 2.45. The van der Waals surface area contributed by atoms with Crippen LogP contribution in [0.2, 0.25) is 0 Å². The molecule has 0 saturated heterocycles. The molecule has 0 bridgehead atoms. The predicted octanol–water partition coefficient (Wildman–Crippen LogP) is 3.38. The highest BCUT2D eigenvalue weighted by atomic mass is 16.5. The van der Waals surface area contributed by atoms with E-state index in [1.807, 2.05) is 0 Å². The standard InChI is InChI=1S/C11H22O/c1-9(2)12-11(3,4)10-7-5-6-8-10/h9-10H,5-8H2,1-4H3. The van der Waals surface area contributed by atoms with Crippen molar-refractivity contribution in [1.82, 2.24) is 0 Å². The first-order valence-corrected chi connectivity index (χ1v) is 5.20. The number of hydrogen-bond acceptors (Lipinski definition) is 1. The van der Waals surface area contributed by atoms with Crippen LogP contribution in [0.5, 0.6) is 0 Å².